The number of carbonyl (C=O) groups is 3. The largest absolute Gasteiger partial charge is 0.479 e. The van der Waals surface area contributed by atoms with E-state index in [-0.39, 0.29) is 31.2 Å². The molecule has 0 aliphatic heterocycles. The standard InChI is InChI=1S/C26H25N3O6/c1-34-23(25(31)32)14-28-24(30)16-10-11-27-17(12-16)13-29-26(33)35-15-22-20-8-4-2-6-18(20)19-7-3-5-9-21(19)22/h2-12,22-23H,13-15H2,1H3,(H,28,30)(H,29,33)(H,31,32). The summed E-state index contributed by atoms with van der Waals surface area (Å²) in [5.41, 5.74) is 5.28. The van der Waals surface area contributed by atoms with Gasteiger partial charge < -0.3 is 25.2 Å². The number of hydrogen-bond acceptors (Lipinski definition) is 6. The van der Waals surface area contributed by atoms with Gasteiger partial charge in [-0.15, -0.1) is 0 Å². The van der Waals surface area contributed by atoms with E-state index in [9.17, 15) is 14.4 Å². The molecular weight excluding hydrogens is 450 g/mol. The van der Waals surface area contributed by atoms with Crippen molar-refractivity contribution in [3.8, 4) is 11.1 Å². The minimum atomic E-state index is -1.17. The van der Waals surface area contributed by atoms with Crippen LogP contribution in [-0.4, -0.2) is 54.4 Å². The van der Waals surface area contributed by atoms with Gasteiger partial charge in [0, 0.05) is 24.8 Å². The van der Waals surface area contributed by atoms with Crippen LogP contribution in [0.15, 0.2) is 66.9 Å². The topological polar surface area (TPSA) is 127 Å². The van der Waals surface area contributed by atoms with Crippen molar-refractivity contribution in [2.75, 3.05) is 20.3 Å². The lowest BCUT2D eigenvalue weighted by atomic mass is 9.98. The van der Waals surface area contributed by atoms with Crippen molar-refractivity contribution in [2.45, 2.75) is 18.6 Å². The molecule has 9 nitrogen and oxygen atoms in total. The molecular formula is C26H25N3O6. The zero-order valence-corrected chi connectivity index (χ0v) is 19.1. The van der Waals surface area contributed by atoms with E-state index in [1.807, 2.05) is 36.4 Å². The lowest BCUT2D eigenvalue weighted by Crippen LogP contribution is -2.37. The minimum Gasteiger partial charge on any atom is -0.479 e. The minimum absolute atomic E-state index is 0.0416. The number of amides is 2. The number of pyridine rings is 1. The fraction of sp³-hybridized carbons (Fsp3) is 0.231. The van der Waals surface area contributed by atoms with Gasteiger partial charge >= 0.3 is 12.1 Å². The Labute approximate surface area is 202 Å². The molecule has 3 N–H and O–H groups in total. The second-order valence-corrected chi connectivity index (χ2v) is 7.99. The van der Waals surface area contributed by atoms with Gasteiger partial charge in [0.1, 0.15) is 6.61 Å². The summed E-state index contributed by atoms with van der Waals surface area (Å²) in [6, 6.07) is 19.2. The van der Waals surface area contributed by atoms with E-state index in [0.29, 0.717) is 5.69 Å². The van der Waals surface area contributed by atoms with E-state index < -0.39 is 24.1 Å². The third-order valence-electron chi connectivity index (χ3n) is 5.84. The highest BCUT2D eigenvalue weighted by molar-refractivity contribution is 5.94. The average Bonchev–Trinajstić information content (AvgIpc) is 3.20. The van der Waals surface area contributed by atoms with Crippen molar-refractivity contribution in [3.63, 3.8) is 0 Å². The van der Waals surface area contributed by atoms with E-state index in [1.165, 1.54) is 25.4 Å². The van der Waals surface area contributed by atoms with Crippen LogP contribution >= 0.6 is 0 Å². The number of alkyl carbamates (subject to hydrolysis) is 1. The molecule has 3 aromatic rings. The molecule has 1 aromatic heterocycles. The van der Waals surface area contributed by atoms with E-state index in [1.54, 1.807) is 0 Å². The Bertz CT molecular complexity index is 1200. The quantitative estimate of drug-likeness (QED) is 0.434. The van der Waals surface area contributed by atoms with E-state index >= 15 is 0 Å². The van der Waals surface area contributed by atoms with Gasteiger partial charge in [0.05, 0.1) is 18.8 Å². The molecule has 2 amide bonds. The Morgan fingerprint density at radius 2 is 1.66 bits per heavy atom. The van der Waals surface area contributed by atoms with E-state index in [0.717, 1.165) is 22.3 Å². The van der Waals surface area contributed by atoms with Gasteiger partial charge in [-0.05, 0) is 34.4 Å². The highest BCUT2D eigenvalue weighted by Crippen LogP contribution is 2.44. The number of carboxylic acids is 1. The van der Waals surface area contributed by atoms with Crippen LogP contribution in [0.3, 0.4) is 0 Å². The van der Waals surface area contributed by atoms with Crippen molar-refractivity contribution in [2.24, 2.45) is 0 Å². The molecule has 9 heteroatoms. The van der Waals surface area contributed by atoms with Crippen LogP contribution in [-0.2, 0) is 20.8 Å². The van der Waals surface area contributed by atoms with Crippen molar-refractivity contribution >= 4 is 18.0 Å². The maximum absolute atomic E-state index is 12.4. The first-order valence-corrected chi connectivity index (χ1v) is 11.1. The first-order valence-electron chi connectivity index (χ1n) is 11.1. The van der Waals surface area contributed by atoms with Crippen molar-refractivity contribution in [1.29, 1.82) is 0 Å². The number of methoxy groups -OCH3 is 1. The van der Waals surface area contributed by atoms with Crippen molar-refractivity contribution in [3.05, 3.63) is 89.2 Å². The van der Waals surface area contributed by atoms with Gasteiger partial charge in [0.25, 0.3) is 5.91 Å². The highest BCUT2D eigenvalue weighted by atomic mass is 16.5. The normalized spacial score (nSPS) is 12.8. The van der Waals surface area contributed by atoms with Crippen LogP contribution in [0.4, 0.5) is 4.79 Å². The van der Waals surface area contributed by atoms with Crippen LogP contribution in [0.1, 0.15) is 33.1 Å². The molecule has 1 atom stereocenters. The van der Waals surface area contributed by atoms with Gasteiger partial charge in [-0.25, -0.2) is 9.59 Å². The van der Waals surface area contributed by atoms with Gasteiger partial charge in [-0.1, -0.05) is 48.5 Å². The summed E-state index contributed by atoms with van der Waals surface area (Å²) in [5, 5.41) is 14.2. The molecule has 4 rings (SSSR count). The number of aliphatic carboxylic acids is 1. The van der Waals surface area contributed by atoms with Crippen LogP contribution < -0.4 is 10.6 Å². The fourth-order valence-corrected chi connectivity index (χ4v) is 4.09. The number of carboxylic acid groups (broad SMARTS) is 1. The van der Waals surface area contributed by atoms with Gasteiger partial charge in [-0.3, -0.25) is 9.78 Å². The molecule has 1 aliphatic carbocycles. The lowest BCUT2D eigenvalue weighted by Gasteiger charge is -2.14. The molecule has 1 heterocycles. The van der Waals surface area contributed by atoms with Gasteiger partial charge in [-0.2, -0.15) is 0 Å². The monoisotopic (exact) mass is 475 g/mol. The SMILES string of the molecule is COC(CNC(=O)c1ccnc(CNC(=O)OCC2c3ccccc3-c3ccccc32)c1)C(=O)O. The molecule has 0 fully saturated rings. The number of nitrogens with one attached hydrogen (secondary N) is 2. The molecule has 180 valence electrons. The average molecular weight is 476 g/mol. The summed E-state index contributed by atoms with van der Waals surface area (Å²) >= 11 is 0. The number of aromatic nitrogens is 1. The van der Waals surface area contributed by atoms with Gasteiger partial charge in [0.15, 0.2) is 6.10 Å². The van der Waals surface area contributed by atoms with Crippen molar-refractivity contribution in [1.82, 2.24) is 15.6 Å². The first-order chi connectivity index (χ1) is 17.0. The predicted octanol–water partition coefficient (Wildman–Crippen LogP) is 2.95. The number of rotatable bonds is 9. The molecule has 1 aliphatic rings. The summed E-state index contributed by atoms with van der Waals surface area (Å²) in [4.78, 5) is 39.9. The second kappa shape index (κ2) is 10.8. The van der Waals surface area contributed by atoms with Crippen molar-refractivity contribution < 1.29 is 29.0 Å². The summed E-state index contributed by atoms with van der Waals surface area (Å²) in [7, 11) is 1.25. The number of fused-ring (bicyclic) bond motifs is 3. The number of ether oxygens (including phenoxy) is 2. The number of carbonyl (C=O) groups excluding carboxylic acids is 2. The smallest absolute Gasteiger partial charge is 0.407 e. The molecule has 35 heavy (non-hydrogen) atoms. The lowest BCUT2D eigenvalue weighted by molar-refractivity contribution is -0.148. The Hall–Kier alpha value is -4.24. The molecule has 0 radical (unpaired) electrons. The van der Waals surface area contributed by atoms with Crippen LogP contribution in [0.2, 0.25) is 0 Å². The number of hydrogen-bond donors (Lipinski definition) is 3. The Morgan fingerprint density at radius 1 is 1.00 bits per heavy atom. The molecule has 2 aromatic carbocycles. The maximum atomic E-state index is 12.4. The van der Waals surface area contributed by atoms with E-state index in [4.69, 9.17) is 14.6 Å². The number of benzene rings is 2. The van der Waals surface area contributed by atoms with Gasteiger partial charge in [0.2, 0.25) is 0 Å². The summed E-state index contributed by atoms with van der Waals surface area (Å²) in [5.74, 6) is -1.69. The number of nitrogens with zero attached hydrogens (tertiary/aromatic N) is 1. The Morgan fingerprint density at radius 3 is 2.29 bits per heavy atom. The first kappa shape index (κ1) is 23.9. The predicted molar refractivity (Wildman–Crippen MR) is 127 cm³/mol. The van der Waals surface area contributed by atoms with Crippen LogP contribution in [0.5, 0.6) is 0 Å². The zero-order valence-electron chi connectivity index (χ0n) is 19.1. The molecule has 0 saturated carbocycles. The zero-order chi connectivity index (χ0) is 24.8. The molecule has 1 unspecified atom stereocenters. The fourth-order valence-electron chi connectivity index (χ4n) is 4.09. The molecule has 0 spiro atoms. The third-order valence-corrected chi connectivity index (χ3v) is 5.84. The Kier molecular flexibility index (Phi) is 7.37. The van der Waals surface area contributed by atoms with Crippen LogP contribution in [0, 0.1) is 0 Å². The summed E-state index contributed by atoms with van der Waals surface area (Å²) in [6.07, 6.45) is -0.294. The van der Waals surface area contributed by atoms with E-state index in [2.05, 4.69) is 27.8 Å². The second-order valence-electron chi connectivity index (χ2n) is 7.99. The summed E-state index contributed by atoms with van der Waals surface area (Å²) < 4.78 is 10.3. The molecule has 0 bridgehead atoms. The summed E-state index contributed by atoms with van der Waals surface area (Å²) in [6.45, 7) is 0.0773. The third kappa shape index (κ3) is 5.47. The Balaban J connectivity index is 1.31. The molecule has 0 saturated heterocycles. The van der Waals surface area contributed by atoms with Crippen LogP contribution in [0.25, 0.3) is 11.1 Å². The highest BCUT2D eigenvalue weighted by Gasteiger charge is 2.29. The maximum Gasteiger partial charge on any atom is 0.407 e.